The van der Waals surface area contributed by atoms with Crippen LogP contribution in [0.2, 0.25) is 39.3 Å². The average Bonchev–Trinajstić information content (AvgIpc) is 1.78. The van der Waals surface area contributed by atoms with E-state index >= 15 is 0 Å². The Morgan fingerprint density at radius 1 is 1.00 bits per heavy atom. The summed E-state index contributed by atoms with van der Waals surface area (Å²) in [6.45, 7) is 18.2. The Balaban J connectivity index is 4.77. The van der Waals surface area contributed by atoms with Crippen LogP contribution < -0.4 is 0 Å². The van der Waals surface area contributed by atoms with Crippen molar-refractivity contribution in [1.82, 2.24) is 0 Å². The molecule has 0 aliphatic carbocycles. The summed E-state index contributed by atoms with van der Waals surface area (Å²) in [7, 11) is -2.72. The van der Waals surface area contributed by atoms with Crippen molar-refractivity contribution in [2.75, 3.05) is 0 Å². The van der Waals surface area contributed by atoms with Crippen LogP contribution in [0.3, 0.4) is 0 Å². The molecular formula is C11H26OSi2. The molecule has 3 heteroatoms. The quantitative estimate of drug-likeness (QED) is 0.518. The fourth-order valence-electron chi connectivity index (χ4n) is 1.07. The predicted octanol–water partition coefficient (Wildman–Crippen LogP) is 4.26. The molecular weight excluding hydrogens is 204 g/mol. The second-order valence-electron chi connectivity index (χ2n) is 6.24. The van der Waals surface area contributed by atoms with E-state index in [1.54, 1.807) is 0 Å². The van der Waals surface area contributed by atoms with Gasteiger partial charge in [0.25, 0.3) is 0 Å². The minimum Gasteiger partial charge on any atom is -0.552 e. The fourth-order valence-corrected chi connectivity index (χ4v) is 4.77. The molecule has 0 aromatic carbocycles. The normalized spacial score (nSPS) is 14.8. The standard InChI is InChI=1S/C11H26OSi2/c1-10(2)9-11(13(3,4)5)12-14(6,7)8/h9-10H,1-8H3/b11-9+. The highest BCUT2D eigenvalue weighted by molar-refractivity contribution is 6.84. The van der Waals surface area contributed by atoms with E-state index in [0.29, 0.717) is 5.92 Å². The predicted molar refractivity (Wildman–Crippen MR) is 70.7 cm³/mol. The lowest BCUT2D eigenvalue weighted by atomic mass is 10.2. The highest BCUT2D eigenvalue weighted by Crippen LogP contribution is 2.22. The van der Waals surface area contributed by atoms with Crippen molar-refractivity contribution in [2.24, 2.45) is 5.92 Å². The first-order valence-electron chi connectivity index (χ1n) is 5.43. The Kier molecular flexibility index (Phi) is 4.65. The van der Waals surface area contributed by atoms with Crippen LogP contribution in [0.5, 0.6) is 0 Å². The van der Waals surface area contributed by atoms with Gasteiger partial charge in [-0.3, -0.25) is 0 Å². The smallest absolute Gasteiger partial charge is 0.241 e. The van der Waals surface area contributed by atoms with Crippen molar-refractivity contribution in [2.45, 2.75) is 53.1 Å². The Morgan fingerprint density at radius 2 is 1.43 bits per heavy atom. The van der Waals surface area contributed by atoms with Gasteiger partial charge in [0.2, 0.25) is 8.32 Å². The highest BCUT2D eigenvalue weighted by Gasteiger charge is 2.27. The van der Waals surface area contributed by atoms with Gasteiger partial charge in [0.1, 0.15) is 8.07 Å². The maximum atomic E-state index is 6.17. The lowest BCUT2D eigenvalue weighted by molar-refractivity contribution is 0.446. The van der Waals surface area contributed by atoms with Gasteiger partial charge in [0, 0.05) is 0 Å². The van der Waals surface area contributed by atoms with Gasteiger partial charge < -0.3 is 4.43 Å². The van der Waals surface area contributed by atoms with E-state index in [-0.39, 0.29) is 0 Å². The van der Waals surface area contributed by atoms with Gasteiger partial charge in [0.15, 0.2) is 0 Å². The summed E-state index contributed by atoms with van der Waals surface area (Å²) >= 11 is 0. The molecule has 0 saturated heterocycles. The molecule has 0 N–H and O–H groups in total. The first kappa shape index (κ1) is 14.0. The highest BCUT2D eigenvalue weighted by atomic mass is 28.4. The SMILES string of the molecule is CC(C)/C=C(\O[Si](C)(C)C)[Si](C)(C)C. The van der Waals surface area contributed by atoms with Crippen molar-refractivity contribution < 1.29 is 4.43 Å². The van der Waals surface area contributed by atoms with Crippen LogP contribution >= 0.6 is 0 Å². The van der Waals surface area contributed by atoms with E-state index in [0.717, 1.165) is 0 Å². The Labute approximate surface area is 91.7 Å². The van der Waals surface area contributed by atoms with E-state index < -0.39 is 16.4 Å². The minimum atomic E-state index is -1.43. The molecule has 1 nitrogen and oxygen atoms in total. The summed E-state index contributed by atoms with van der Waals surface area (Å²) in [5.74, 6) is 0.591. The molecule has 84 valence electrons. The zero-order valence-corrected chi connectivity index (χ0v) is 13.1. The van der Waals surface area contributed by atoms with Crippen LogP contribution in [0.1, 0.15) is 13.8 Å². The monoisotopic (exact) mass is 230 g/mol. The Hall–Kier alpha value is -0.0262. The minimum absolute atomic E-state index is 0.591. The summed E-state index contributed by atoms with van der Waals surface area (Å²) < 4.78 is 6.17. The maximum Gasteiger partial charge on any atom is 0.241 e. The molecule has 0 amide bonds. The van der Waals surface area contributed by atoms with Crippen LogP contribution in [0.15, 0.2) is 11.5 Å². The van der Waals surface area contributed by atoms with Crippen molar-refractivity contribution in [3.05, 3.63) is 11.5 Å². The summed E-state index contributed by atoms with van der Waals surface area (Å²) in [5, 5.41) is 1.30. The van der Waals surface area contributed by atoms with Gasteiger partial charge >= 0.3 is 0 Å². The van der Waals surface area contributed by atoms with E-state index in [9.17, 15) is 0 Å². The molecule has 0 heterocycles. The first-order valence-corrected chi connectivity index (χ1v) is 12.3. The zero-order chi connectivity index (χ0) is 11.6. The third-order valence-corrected chi connectivity index (χ3v) is 4.42. The van der Waals surface area contributed by atoms with Gasteiger partial charge in [-0.1, -0.05) is 39.6 Å². The molecule has 0 aliphatic rings. The van der Waals surface area contributed by atoms with Crippen molar-refractivity contribution in [3.8, 4) is 0 Å². The van der Waals surface area contributed by atoms with Crippen LogP contribution in [-0.2, 0) is 4.43 Å². The lowest BCUT2D eigenvalue weighted by Crippen LogP contribution is -2.35. The van der Waals surface area contributed by atoms with E-state index in [2.05, 4.69) is 59.2 Å². The summed E-state index contributed by atoms with van der Waals surface area (Å²) in [6, 6.07) is 0. The maximum absolute atomic E-state index is 6.17. The fraction of sp³-hybridized carbons (Fsp3) is 0.818. The molecule has 0 aliphatic heterocycles. The third kappa shape index (κ3) is 6.43. The summed E-state index contributed by atoms with van der Waals surface area (Å²) in [5.41, 5.74) is 0. The second-order valence-corrected chi connectivity index (χ2v) is 15.7. The van der Waals surface area contributed by atoms with Crippen LogP contribution in [-0.4, -0.2) is 16.4 Å². The largest absolute Gasteiger partial charge is 0.552 e. The topological polar surface area (TPSA) is 9.23 Å². The molecule has 0 spiro atoms. The van der Waals surface area contributed by atoms with Gasteiger partial charge in [0.05, 0.1) is 5.38 Å². The van der Waals surface area contributed by atoms with E-state index in [1.807, 2.05) is 0 Å². The summed E-state index contributed by atoms with van der Waals surface area (Å²) in [6.07, 6.45) is 2.31. The third-order valence-electron chi connectivity index (χ3n) is 1.64. The zero-order valence-electron chi connectivity index (χ0n) is 11.1. The van der Waals surface area contributed by atoms with Crippen molar-refractivity contribution in [1.29, 1.82) is 0 Å². The Bertz CT molecular complexity index is 206. The van der Waals surface area contributed by atoms with E-state index in [4.69, 9.17) is 4.43 Å². The molecule has 0 aromatic heterocycles. The first-order chi connectivity index (χ1) is 6.02. The van der Waals surface area contributed by atoms with Crippen molar-refractivity contribution in [3.63, 3.8) is 0 Å². The van der Waals surface area contributed by atoms with Gasteiger partial charge in [-0.25, -0.2) is 0 Å². The molecule has 0 fully saturated rings. The molecule has 0 rings (SSSR count). The van der Waals surface area contributed by atoms with Crippen LogP contribution in [0.4, 0.5) is 0 Å². The van der Waals surface area contributed by atoms with Gasteiger partial charge in [-0.2, -0.15) is 0 Å². The Morgan fingerprint density at radius 3 is 1.64 bits per heavy atom. The van der Waals surface area contributed by atoms with Crippen LogP contribution in [0.25, 0.3) is 0 Å². The molecule has 0 atom stereocenters. The average molecular weight is 230 g/mol. The van der Waals surface area contributed by atoms with Crippen LogP contribution in [0, 0.1) is 5.92 Å². The van der Waals surface area contributed by atoms with Crippen molar-refractivity contribution >= 4 is 16.4 Å². The summed E-state index contributed by atoms with van der Waals surface area (Å²) in [4.78, 5) is 0. The second kappa shape index (κ2) is 4.66. The number of allylic oxidation sites excluding steroid dienone is 1. The molecule has 0 aromatic rings. The molecule has 0 bridgehead atoms. The number of hydrogen-bond acceptors (Lipinski definition) is 1. The number of hydrogen-bond donors (Lipinski definition) is 0. The lowest BCUT2D eigenvalue weighted by Gasteiger charge is -2.30. The molecule has 0 unspecified atom stereocenters. The molecule has 0 saturated carbocycles. The van der Waals surface area contributed by atoms with E-state index in [1.165, 1.54) is 5.38 Å². The molecule has 14 heavy (non-hydrogen) atoms. The molecule has 0 radical (unpaired) electrons. The van der Waals surface area contributed by atoms with Gasteiger partial charge in [-0.05, 0) is 25.6 Å². The number of rotatable bonds is 4. The van der Waals surface area contributed by atoms with Gasteiger partial charge in [-0.15, -0.1) is 0 Å².